The fraction of sp³-hybridized carbons (Fsp3) is 0.429. The lowest BCUT2D eigenvalue weighted by Gasteiger charge is -2.03. The Balaban J connectivity index is 1.95. The second kappa shape index (κ2) is 5.70. The second-order valence-corrected chi connectivity index (χ2v) is 5.11. The third kappa shape index (κ3) is 2.76. The summed E-state index contributed by atoms with van der Waals surface area (Å²) in [5.41, 5.74) is 0.503. The van der Waals surface area contributed by atoms with E-state index in [1.807, 2.05) is 6.08 Å². The molecule has 8 heteroatoms. The molecule has 0 spiro atoms. The van der Waals surface area contributed by atoms with Crippen LogP contribution in [-0.4, -0.2) is 37.5 Å². The summed E-state index contributed by atoms with van der Waals surface area (Å²) in [6, 6.07) is 0. The summed E-state index contributed by atoms with van der Waals surface area (Å²) in [6.45, 7) is 2.01. The van der Waals surface area contributed by atoms with Crippen LogP contribution < -0.4 is 0 Å². The number of aryl methyl sites for hydroxylation is 1. The first kappa shape index (κ1) is 14.4. The van der Waals surface area contributed by atoms with Crippen LogP contribution in [0.1, 0.15) is 25.6 Å². The molecule has 0 atom stereocenters. The van der Waals surface area contributed by atoms with Crippen LogP contribution in [-0.2, 0) is 16.6 Å². The number of ether oxygens (including phenoxy) is 1. The van der Waals surface area contributed by atoms with Crippen molar-refractivity contribution in [3.05, 3.63) is 23.9 Å². The standard InChI is InChI=1S/C14H16FN5O2/c1-3-22-14(21)9(6-8-4-5-8)12-17-13(19-18-12)11-10(15)7-16-20(11)2/h6-8H,3-5H2,1-2H3,(H,17,18,19). The van der Waals surface area contributed by atoms with Gasteiger partial charge in [-0.1, -0.05) is 6.08 Å². The maximum atomic E-state index is 13.7. The average Bonchev–Trinajstić information content (AvgIpc) is 3.09. The molecule has 1 fully saturated rings. The molecule has 0 radical (unpaired) electrons. The Morgan fingerprint density at radius 3 is 2.95 bits per heavy atom. The maximum absolute atomic E-state index is 13.7. The molecule has 3 rings (SSSR count). The lowest BCUT2D eigenvalue weighted by atomic mass is 10.2. The molecule has 7 nitrogen and oxygen atoms in total. The smallest absolute Gasteiger partial charge is 0.341 e. The van der Waals surface area contributed by atoms with E-state index in [1.165, 1.54) is 4.68 Å². The van der Waals surface area contributed by atoms with Crippen LogP contribution >= 0.6 is 0 Å². The van der Waals surface area contributed by atoms with E-state index >= 15 is 0 Å². The molecular formula is C14H16FN5O2. The number of aromatic nitrogens is 5. The minimum Gasteiger partial charge on any atom is -0.462 e. The van der Waals surface area contributed by atoms with Gasteiger partial charge < -0.3 is 4.74 Å². The molecule has 0 amide bonds. The monoisotopic (exact) mass is 305 g/mol. The van der Waals surface area contributed by atoms with E-state index in [2.05, 4.69) is 20.3 Å². The topological polar surface area (TPSA) is 85.7 Å². The van der Waals surface area contributed by atoms with Gasteiger partial charge in [0.15, 0.2) is 17.5 Å². The van der Waals surface area contributed by atoms with Crippen LogP contribution in [0, 0.1) is 11.7 Å². The predicted molar refractivity (Wildman–Crippen MR) is 75.9 cm³/mol. The highest BCUT2D eigenvalue weighted by molar-refractivity contribution is 6.15. The van der Waals surface area contributed by atoms with Crippen molar-refractivity contribution in [2.45, 2.75) is 19.8 Å². The third-order valence-electron chi connectivity index (χ3n) is 3.36. The quantitative estimate of drug-likeness (QED) is 0.671. The summed E-state index contributed by atoms with van der Waals surface area (Å²) in [5, 5.41) is 10.5. The fourth-order valence-corrected chi connectivity index (χ4v) is 2.11. The number of carbonyl (C=O) groups is 1. The first-order chi connectivity index (χ1) is 10.6. The molecule has 2 aromatic rings. The van der Waals surface area contributed by atoms with E-state index in [9.17, 15) is 9.18 Å². The number of nitrogens with one attached hydrogen (secondary N) is 1. The molecule has 1 aliphatic rings. The molecule has 1 saturated carbocycles. The van der Waals surface area contributed by atoms with E-state index in [1.54, 1.807) is 14.0 Å². The van der Waals surface area contributed by atoms with Crippen LogP contribution in [0.5, 0.6) is 0 Å². The fourth-order valence-electron chi connectivity index (χ4n) is 2.11. The summed E-state index contributed by atoms with van der Waals surface area (Å²) in [6.07, 6.45) is 5.00. The molecular weight excluding hydrogens is 289 g/mol. The van der Waals surface area contributed by atoms with E-state index in [-0.39, 0.29) is 23.9 Å². The zero-order valence-electron chi connectivity index (χ0n) is 12.3. The normalized spacial score (nSPS) is 15.1. The Bertz CT molecular complexity index is 710. The van der Waals surface area contributed by atoms with E-state index in [0.29, 0.717) is 11.5 Å². The Kier molecular flexibility index (Phi) is 3.74. The summed E-state index contributed by atoms with van der Waals surface area (Å²) >= 11 is 0. The van der Waals surface area contributed by atoms with Gasteiger partial charge in [0.2, 0.25) is 0 Å². The average molecular weight is 305 g/mol. The summed E-state index contributed by atoms with van der Waals surface area (Å²) < 4.78 is 20.1. The van der Waals surface area contributed by atoms with Crippen LogP contribution in [0.3, 0.4) is 0 Å². The van der Waals surface area contributed by atoms with Crippen LogP contribution in [0.25, 0.3) is 17.1 Å². The Morgan fingerprint density at radius 1 is 1.59 bits per heavy atom. The van der Waals surface area contributed by atoms with Gasteiger partial charge in [-0.25, -0.2) is 14.2 Å². The van der Waals surface area contributed by atoms with Crippen LogP contribution in [0.4, 0.5) is 4.39 Å². The van der Waals surface area contributed by atoms with E-state index < -0.39 is 11.8 Å². The van der Waals surface area contributed by atoms with Gasteiger partial charge in [-0.15, -0.1) is 0 Å². The molecule has 0 saturated heterocycles. The van der Waals surface area contributed by atoms with Gasteiger partial charge in [-0.2, -0.15) is 10.2 Å². The molecule has 2 aromatic heterocycles. The number of rotatable bonds is 5. The highest BCUT2D eigenvalue weighted by Gasteiger charge is 2.26. The Hall–Kier alpha value is -2.51. The van der Waals surface area contributed by atoms with Crippen molar-refractivity contribution in [1.82, 2.24) is 25.0 Å². The van der Waals surface area contributed by atoms with Crippen molar-refractivity contribution in [3.8, 4) is 11.5 Å². The number of aromatic amines is 1. The number of halogens is 1. The molecule has 0 aromatic carbocycles. The zero-order valence-corrected chi connectivity index (χ0v) is 12.3. The van der Waals surface area contributed by atoms with Crippen molar-refractivity contribution in [3.63, 3.8) is 0 Å². The van der Waals surface area contributed by atoms with Gasteiger partial charge in [0.1, 0.15) is 11.3 Å². The minimum atomic E-state index is -0.506. The summed E-state index contributed by atoms with van der Waals surface area (Å²) in [4.78, 5) is 16.3. The number of hydrogen-bond acceptors (Lipinski definition) is 5. The molecule has 2 heterocycles. The molecule has 0 bridgehead atoms. The van der Waals surface area contributed by atoms with Crippen molar-refractivity contribution < 1.29 is 13.9 Å². The number of esters is 1. The number of hydrogen-bond donors (Lipinski definition) is 1. The maximum Gasteiger partial charge on any atom is 0.341 e. The Morgan fingerprint density at radius 2 is 2.36 bits per heavy atom. The second-order valence-electron chi connectivity index (χ2n) is 5.11. The van der Waals surface area contributed by atoms with Gasteiger partial charge in [-0.3, -0.25) is 9.78 Å². The minimum absolute atomic E-state index is 0.188. The van der Waals surface area contributed by atoms with E-state index in [0.717, 1.165) is 19.0 Å². The molecule has 22 heavy (non-hydrogen) atoms. The molecule has 0 aliphatic heterocycles. The first-order valence-electron chi connectivity index (χ1n) is 7.09. The largest absolute Gasteiger partial charge is 0.462 e. The molecule has 0 unspecified atom stereocenters. The number of nitrogens with zero attached hydrogens (tertiary/aromatic N) is 4. The lowest BCUT2D eigenvalue weighted by Crippen LogP contribution is -2.08. The number of carbonyl (C=O) groups excluding carboxylic acids is 1. The van der Waals surface area contributed by atoms with Gasteiger partial charge in [0.25, 0.3) is 0 Å². The van der Waals surface area contributed by atoms with Crippen molar-refractivity contribution in [1.29, 1.82) is 0 Å². The third-order valence-corrected chi connectivity index (χ3v) is 3.36. The Labute approximate surface area is 126 Å². The van der Waals surface area contributed by atoms with Crippen molar-refractivity contribution in [2.24, 2.45) is 13.0 Å². The van der Waals surface area contributed by atoms with Crippen molar-refractivity contribution >= 4 is 11.5 Å². The molecule has 1 aliphatic carbocycles. The van der Waals surface area contributed by atoms with Crippen LogP contribution in [0.15, 0.2) is 12.3 Å². The van der Waals surface area contributed by atoms with Gasteiger partial charge in [0.05, 0.1) is 12.8 Å². The lowest BCUT2D eigenvalue weighted by molar-refractivity contribution is -0.136. The van der Waals surface area contributed by atoms with E-state index in [4.69, 9.17) is 4.74 Å². The zero-order chi connectivity index (χ0) is 15.7. The van der Waals surface area contributed by atoms with Crippen LogP contribution in [0.2, 0.25) is 0 Å². The SMILES string of the molecule is CCOC(=O)C(=CC1CC1)c1n[nH]c(-c2c(F)cnn2C)n1. The number of H-pyrrole nitrogens is 1. The number of allylic oxidation sites excluding steroid dienone is 1. The highest BCUT2D eigenvalue weighted by Crippen LogP contribution is 2.33. The summed E-state index contributed by atoms with van der Waals surface area (Å²) in [7, 11) is 1.60. The highest BCUT2D eigenvalue weighted by atomic mass is 19.1. The van der Waals surface area contributed by atoms with Crippen molar-refractivity contribution in [2.75, 3.05) is 6.61 Å². The van der Waals surface area contributed by atoms with Gasteiger partial charge in [-0.05, 0) is 25.7 Å². The molecule has 1 N–H and O–H groups in total. The van der Waals surface area contributed by atoms with Gasteiger partial charge >= 0.3 is 5.97 Å². The molecule has 116 valence electrons. The summed E-state index contributed by atoms with van der Waals surface area (Å²) in [5.74, 6) is -0.186. The first-order valence-corrected chi connectivity index (χ1v) is 7.09. The predicted octanol–water partition coefficient (Wildman–Crippen LogP) is 1.70. The van der Waals surface area contributed by atoms with Gasteiger partial charge in [0, 0.05) is 7.05 Å².